The number of anilines is 1. The summed E-state index contributed by atoms with van der Waals surface area (Å²) in [6, 6.07) is 15.1. The van der Waals surface area contributed by atoms with Gasteiger partial charge in [0.1, 0.15) is 0 Å². The highest BCUT2D eigenvalue weighted by Gasteiger charge is 2.06. The second-order valence-electron chi connectivity index (χ2n) is 6.38. The molecular weight excluding hydrogens is 354 g/mol. The van der Waals surface area contributed by atoms with Crippen molar-refractivity contribution in [3.63, 3.8) is 0 Å². The fourth-order valence-electron chi connectivity index (χ4n) is 2.64. The van der Waals surface area contributed by atoms with Crippen LogP contribution in [0.15, 0.2) is 48.5 Å². The van der Waals surface area contributed by atoms with Crippen LogP contribution in [0.1, 0.15) is 27.9 Å². The minimum absolute atomic E-state index is 0.0150. The summed E-state index contributed by atoms with van der Waals surface area (Å²) in [7, 11) is 0. The first kappa shape index (κ1) is 20.8. The third kappa shape index (κ3) is 7.36. The molecule has 0 bridgehead atoms. The van der Waals surface area contributed by atoms with E-state index in [-0.39, 0.29) is 17.8 Å². The van der Waals surface area contributed by atoms with Crippen LogP contribution in [0, 0.1) is 10.8 Å². The third-order valence-corrected chi connectivity index (χ3v) is 4.11. The molecule has 2 aromatic carbocycles. The SMILES string of the molecule is N=C(N)NCCCc1ccc(NC(=O)c2ccc(CCNC(=N)N)cc2)cc1. The highest BCUT2D eigenvalue weighted by Crippen LogP contribution is 2.13. The Morgan fingerprint density at radius 3 is 1.93 bits per heavy atom. The molecule has 8 nitrogen and oxygen atoms in total. The lowest BCUT2D eigenvalue weighted by atomic mass is 10.1. The lowest BCUT2D eigenvalue weighted by Crippen LogP contribution is -2.31. The molecule has 0 aliphatic carbocycles. The Balaban J connectivity index is 1.81. The van der Waals surface area contributed by atoms with Crippen molar-refractivity contribution in [2.45, 2.75) is 19.3 Å². The Kier molecular flexibility index (Phi) is 7.83. The molecule has 0 unspecified atom stereocenters. The van der Waals surface area contributed by atoms with Crippen molar-refractivity contribution in [3.05, 3.63) is 65.2 Å². The standard InChI is InChI=1S/C20H27N7O/c21-19(22)25-12-1-2-14-5-9-17(10-6-14)27-18(28)16-7-3-15(4-8-16)11-13-26-20(23)24/h3-10H,1-2,11-13H2,(H,27,28)(H4,21,22,25)(H4,23,24,26). The summed E-state index contributed by atoms with van der Waals surface area (Å²) >= 11 is 0. The van der Waals surface area contributed by atoms with Crippen LogP contribution in [0.5, 0.6) is 0 Å². The molecule has 0 aliphatic rings. The third-order valence-electron chi connectivity index (χ3n) is 4.11. The Labute approximate surface area is 164 Å². The molecule has 2 rings (SSSR count). The van der Waals surface area contributed by atoms with Crippen LogP contribution in [0.3, 0.4) is 0 Å². The van der Waals surface area contributed by atoms with E-state index in [0.29, 0.717) is 18.7 Å². The Morgan fingerprint density at radius 2 is 1.32 bits per heavy atom. The number of nitrogens with one attached hydrogen (secondary N) is 5. The molecule has 0 saturated carbocycles. The van der Waals surface area contributed by atoms with Gasteiger partial charge >= 0.3 is 0 Å². The maximum Gasteiger partial charge on any atom is 0.255 e. The predicted octanol–water partition coefficient (Wildman–Crippen LogP) is 1.38. The molecule has 8 heteroatoms. The van der Waals surface area contributed by atoms with E-state index in [4.69, 9.17) is 22.3 Å². The summed E-state index contributed by atoms with van der Waals surface area (Å²) in [6.45, 7) is 1.24. The van der Waals surface area contributed by atoms with Crippen LogP contribution in [-0.4, -0.2) is 30.9 Å². The summed E-state index contributed by atoms with van der Waals surface area (Å²) in [6.07, 6.45) is 2.47. The van der Waals surface area contributed by atoms with E-state index < -0.39 is 0 Å². The van der Waals surface area contributed by atoms with Gasteiger partial charge in [0.25, 0.3) is 5.91 Å². The molecule has 0 heterocycles. The van der Waals surface area contributed by atoms with Crippen molar-refractivity contribution < 1.29 is 4.79 Å². The van der Waals surface area contributed by atoms with Crippen molar-refractivity contribution in [3.8, 4) is 0 Å². The molecule has 0 radical (unpaired) electrons. The van der Waals surface area contributed by atoms with Crippen LogP contribution in [-0.2, 0) is 12.8 Å². The number of carbonyl (C=O) groups excluding carboxylic acids is 1. The van der Waals surface area contributed by atoms with E-state index in [0.717, 1.165) is 36.1 Å². The number of carbonyl (C=O) groups is 1. The topological polar surface area (TPSA) is 153 Å². The van der Waals surface area contributed by atoms with Gasteiger partial charge in [-0.3, -0.25) is 15.6 Å². The number of amides is 1. The van der Waals surface area contributed by atoms with Gasteiger partial charge in [-0.05, 0) is 54.7 Å². The Bertz CT molecular complexity index is 800. The summed E-state index contributed by atoms with van der Waals surface area (Å²) in [4.78, 5) is 12.4. The van der Waals surface area contributed by atoms with E-state index in [1.54, 1.807) is 12.1 Å². The smallest absolute Gasteiger partial charge is 0.255 e. The molecule has 148 valence electrons. The summed E-state index contributed by atoms with van der Waals surface area (Å²) in [5.74, 6) is -0.222. The van der Waals surface area contributed by atoms with Crippen molar-refractivity contribution in [2.75, 3.05) is 18.4 Å². The van der Waals surface area contributed by atoms with Crippen LogP contribution >= 0.6 is 0 Å². The summed E-state index contributed by atoms with van der Waals surface area (Å²) < 4.78 is 0. The number of hydrogen-bond donors (Lipinski definition) is 7. The fraction of sp³-hybridized carbons (Fsp3) is 0.250. The average Bonchev–Trinajstić information content (AvgIpc) is 2.66. The monoisotopic (exact) mass is 381 g/mol. The number of benzene rings is 2. The van der Waals surface area contributed by atoms with Gasteiger partial charge in [0.15, 0.2) is 11.9 Å². The van der Waals surface area contributed by atoms with Gasteiger partial charge in [0.05, 0.1) is 0 Å². The largest absolute Gasteiger partial charge is 0.370 e. The highest BCUT2D eigenvalue weighted by atomic mass is 16.1. The lowest BCUT2D eigenvalue weighted by Gasteiger charge is -2.08. The fourth-order valence-corrected chi connectivity index (χ4v) is 2.64. The molecule has 1 amide bonds. The van der Waals surface area contributed by atoms with Gasteiger partial charge in [0.2, 0.25) is 0 Å². The number of rotatable bonds is 9. The highest BCUT2D eigenvalue weighted by molar-refractivity contribution is 6.04. The summed E-state index contributed by atoms with van der Waals surface area (Å²) in [5.41, 5.74) is 14.0. The molecule has 0 atom stereocenters. The van der Waals surface area contributed by atoms with Crippen LogP contribution in [0.25, 0.3) is 0 Å². The Hall–Kier alpha value is -3.55. The maximum absolute atomic E-state index is 12.4. The van der Waals surface area contributed by atoms with Crippen LogP contribution in [0.2, 0.25) is 0 Å². The van der Waals surface area contributed by atoms with E-state index >= 15 is 0 Å². The molecule has 9 N–H and O–H groups in total. The molecule has 0 spiro atoms. The van der Waals surface area contributed by atoms with Gasteiger partial charge in [-0.1, -0.05) is 24.3 Å². The predicted molar refractivity (Wildman–Crippen MR) is 113 cm³/mol. The second kappa shape index (κ2) is 10.6. The molecule has 0 fully saturated rings. The van der Waals surface area contributed by atoms with E-state index in [9.17, 15) is 4.79 Å². The molecule has 0 saturated heterocycles. The minimum Gasteiger partial charge on any atom is -0.370 e. The van der Waals surface area contributed by atoms with Gasteiger partial charge in [-0.2, -0.15) is 0 Å². The van der Waals surface area contributed by atoms with Crippen LogP contribution < -0.4 is 27.4 Å². The number of nitrogens with two attached hydrogens (primary N) is 2. The average molecular weight is 381 g/mol. The normalized spacial score (nSPS) is 10.1. The van der Waals surface area contributed by atoms with Crippen molar-refractivity contribution in [1.29, 1.82) is 10.8 Å². The molecular formula is C20H27N7O. The van der Waals surface area contributed by atoms with Gasteiger partial charge < -0.3 is 27.4 Å². The molecule has 0 aliphatic heterocycles. The van der Waals surface area contributed by atoms with Crippen LogP contribution in [0.4, 0.5) is 5.69 Å². The van der Waals surface area contributed by atoms with E-state index in [2.05, 4.69) is 16.0 Å². The first-order valence-corrected chi connectivity index (χ1v) is 9.09. The zero-order valence-corrected chi connectivity index (χ0v) is 15.7. The zero-order chi connectivity index (χ0) is 20.4. The van der Waals surface area contributed by atoms with Gasteiger partial charge in [-0.15, -0.1) is 0 Å². The summed E-state index contributed by atoms with van der Waals surface area (Å²) in [5, 5.41) is 22.7. The zero-order valence-electron chi connectivity index (χ0n) is 15.7. The van der Waals surface area contributed by atoms with E-state index in [1.807, 2.05) is 36.4 Å². The number of aryl methyl sites for hydroxylation is 1. The first-order chi connectivity index (χ1) is 13.4. The van der Waals surface area contributed by atoms with Crippen molar-refractivity contribution in [1.82, 2.24) is 10.6 Å². The van der Waals surface area contributed by atoms with Crippen molar-refractivity contribution in [2.24, 2.45) is 11.5 Å². The first-order valence-electron chi connectivity index (χ1n) is 9.09. The Morgan fingerprint density at radius 1 is 0.786 bits per heavy atom. The van der Waals surface area contributed by atoms with Gasteiger partial charge in [0, 0.05) is 24.3 Å². The quantitative estimate of drug-likeness (QED) is 0.199. The van der Waals surface area contributed by atoms with E-state index in [1.165, 1.54) is 0 Å². The lowest BCUT2D eigenvalue weighted by molar-refractivity contribution is 0.102. The number of hydrogen-bond acceptors (Lipinski definition) is 3. The molecule has 2 aromatic rings. The van der Waals surface area contributed by atoms with Gasteiger partial charge in [-0.25, -0.2) is 0 Å². The second-order valence-corrected chi connectivity index (χ2v) is 6.38. The minimum atomic E-state index is -0.160. The van der Waals surface area contributed by atoms with Crippen molar-refractivity contribution >= 4 is 23.5 Å². The molecule has 0 aromatic heterocycles. The maximum atomic E-state index is 12.4. The number of guanidine groups is 2. The molecule has 28 heavy (non-hydrogen) atoms.